The lowest BCUT2D eigenvalue weighted by Gasteiger charge is -2.70. The Morgan fingerprint density at radius 1 is 0.975 bits per heavy atom. The van der Waals surface area contributed by atoms with E-state index in [1.54, 1.807) is 0 Å². The normalized spacial score (nSPS) is 42.4. The van der Waals surface area contributed by atoms with Crippen LogP contribution in [0.15, 0.2) is 18.2 Å². The Hall–Kier alpha value is -1.54. The summed E-state index contributed by atoms with van der Waals surface area (Å²) in [5.74, 6) is 9.51. The van der Waals surface area contributed by atoms with Gasteiger partial charge in [0, 0.05) is 24.5 Å². The van der Waals surface area contributed by atoms with Crippen molar-refractivity contribution in [3.05, 3.63) is 29.3 Å². The zero-order valence-corrected chi connectivity index (χ0v) is 24.7. The molecule has 7 aliphatic rings. The van der Waals surface area contributed by atoms with Crippen LogP contribution in [0.2, 0.25) is 0 Å². The minimum absolute atomic E-state index is 0.0661. The number of benzene rings is 1. The highest BCUT2D eigenvalue weighted by Gasteiger charge is 2.71. The van der Waals surface area contributed by atoms with E-state index in [-0.39, 0.29) is 29.6 Å². The molecule has 2 aliphatic heterocycles. The van der Waals surface area contributed by atoms with Gasteiger partial charge in [0.05, 0.1) is 17.1 Å². The van der Waals surface area contributed by atoms with Gasteiger partial charge in [0.25, 0.3) is 0 Å². The van der Waals surface area contributed by atoms with E-state index in [0.717, 1.165) is 19.3 Å². The Balaban J connectivity index is 1.39. The maximum Gasteiger partial charge on any atom is 0.115 e. The van der Waals surface area contributed by atoms with E-state index in [0.29, 0.717) is 41.8 Å². The second kappa shape index (κ2) is 10.0. The number of aliphatic hydroxyl groups is 1. The maximum atomic E-state index is 10.5. The van der Waals surface area contributed by atoms with Crippen molar-refractivity contribution >= 4 is 0 Å². The molecular formula is C36H51NO3. The van der Waals surface area contributed by atoms with Crippen LogP contribution in [0.25, 0.3) is 0 Å². The number of aromatic hydroxyl groups is 1. The third-order valence-electron chi connectivity index (χ3n) is 13.2. The molecule has 4 bridgehead atoms. The lowest BCUT2D eigenvalue weighted by atomic mass is 9.45. The molecule has 8 rings (SSSR count). The molecule has 2 heterocycles. The number of hydrogen-bond acceptors (Lipinski definition) is 4. The summed E-state index contributed by atoms with van der Waals surface area (Å²) in [5, 5.41) is 20.8. The van der Waals surface area contributed by atoms with E-state index in [1.807, 2.05) is 12.1 Å². The molecule has 2 saturated heterocycles. The largest absolute Gasteiger partial charge is 0.508 e. The Morgan fingerprint density at radius 2 is 1.77 bits per heavy atom. The first-order valence-electron chi connectivity index (χ1n) is 16.7. The van der Waals surface area contributed by atoms with Gasteiger partial charge in [-0.1, -0.05) is 50.0 Å². The fourth-order valence-corrected chi connectivity index (χ4v) is 11.6. The molecule has 6 fully saturated rings. The zero-order chi connectivity index (χ0) is 27.6. The summed E-state index contributed by atoms with van der Waals surface area (Å²) in [6, 6.07) is 5.96. The minimum Gasteiger partial charge on any atom is -0.508 e. The lowest BCUT2D eigenvalue weighted by molar-refractivity contribution is -0.331. The third kappa shape index (κ3) is 4.20. The number of fused-ring (bicyclic) bond motifs is 5. The van der Waals surface area contributed by atoms with E-state index >= 15 is 0 Å². The molecular weight excluding hydrogens is 494 g/mol. The first-order chi connectivity index (χ1) is 19.3. The number of aliphatic hydroxyl groups excluding tert-OH is 1. The molecule has 0 aromatic heterocycles. The van der Waals surface area contributed by atoms with Gasteiger partial charge in [-0.15, -0.1) is 0 Å². The van der Waals surface area contributed by atoms with Crippen molar-refractivity contribution in [1.29, 1.82) is 0 Å². The Labute approximate surface area is 241 Å². The Bertz CT molecular complexity index is 1170. The predicted octanol–water partition coefficient (Wildman–Crippen LogP) is 6.69. The van der Waals surface area contributed by atoms with Gasteiger partial charge in [0.15, 0.2) is 0 Å². The molecule has 4 heteroatoms. The molecule has 1 aromatic rings. The van der Waals surface area contributed by atoms with Crippen molar-refractivity contribution in [2.75, 3.05) is 6.61 Å². The summed E-state index contributed by atoms with van der Waals surface area (Å²) < 4.78 is 7.80. The van der Waals surface area contributed by atoms with Crippen LogP contribution in [0.3, 0.4) is 0 Å². The molecule has 0 radical (unpaired) electrons. The number of hydrogen-bond donors (Lipinski definition) is 3. The van der Waals surface area contributed by atoms with Crippen LogP contribution in [0.1, 0.15) is 114 Å². The summed E-state index contributed by atoms with van der Waals surface area (Å²) in [7, 11) is 0. The highest BCUT2D eigenvalue weighted by atomic mass is 16.5. The smallest absolute Gasteiger partial charge is 0.115 e. The lowest BCUT2D eigenvalue weighted by Crippen LogP contribution is -2.79. The summed E-state index contributed by atoms with van der Waals surface area (Å²) in [6.45, 7) is 2.53. The molecule has 0 unspecified atom stereocenters. The van der Waals surface area contributed by atoms with E-state index in [9.17, 15) is 10.2 Å². The first-order valence-corrected chi connectivity index (χ1v) is 16.7. The number of phenols is 1. The molecule has 5 aliphatic carbocycles. The van der Waals surface area contributed by atoms with Crippen molar-refractivity contribution in [2.45, 2.75) is 133 Å². The number of phenolic OH excluding ortho intramolecular Hbond substituents is 1. The van der Waals surface area contributed by atoms with Gasteiger partial charge in [0.2, 0.25) is 0 Å². The summed E-state index contributed by atoms with van der Waals surface area (Å²) in [4.78, 5) is 0. The van der Waals surface area contributed by atoms with Crippen molar-refractivity contribution in [2.24, 2.45) is 40.7 Å². The monoisotopic (exact) mass is 545 g/mol. The standard InChI is InChI=1S/C36H51NO3/c1-33(28-9-3-2-4-10-28)31-14-17-36(40-33)29-21-25(23-34(24-29)15-5-6-16-34)20-27-12-13-30(39)22-26(27)8-7-11-32(36)35(31,37)18-19-38/h12-13,22,25,28-29,31-32,38-39H,2-6,8-10,14-21,23-24,37H2,1H3/t25-,29-,31-,32-,33+,35-,36-/m1/s1. The average Bonchev–Trinajstić information content (AvgIpc) is 3.38. The second-order valence-corrected chi connectivity index (χ2v) is 15.3. The third-order valence-corrected chi connectivity index (χ3v) is 13.2. The highest BCUT2D eigenvalue weighted by Crippen LogP contribution is 2.67. The van der Waals surface area contributed by atoms with Gasteiger partial charge in [-0.3, -0.25) is 0 Å². The van der Waals surface area contributed by atoms with Crippen molar-refractivity contribution in [3.63, 3.8) is 0 Å². The van der Waals surface area contributed by atoms with Crippen LogP contribution in [0.4, 0.5) is 0 Å². The molecule has 4 nitrogen and oxygen atoms in total. The quantitative estimate of drug-likeness (QED) is 0.370. The molecule has 2 spiro atoms. The summed E-state index contributed by atoms with van der Waals surface area (Å²) in [5.41, 5.74) is 9.50. The number of ether oxygens (including phenoxy) is 1. The Morgan fingerprint density at radius 3 is 2.55 bits per heavy atom. The molecule has 4 saturated carbocycles. The van der Waals surface area contributed by atoms with E-state index in [1.165, 1.54) is 88.2 Å². The average molecular weight is 546 g/mol. The fraction of sp³-hybridized carbons (Fsp3) is 0.778. The van der Waals surface area contributed by atoms with E-state index in [2.05, 4.69) is 24.8 Å². The van der Waals surface area contributed by atoms with Crippen LogP contribution >= 0.6 is 0 Å². The van der Waals surface area contributed by atoms with Crippen LogP contribution < -0.4 is 5.73 Å². The first kappa shape index (κ1) is 27.3. The number of nitrogens with two attached hydrogens (primary N) is 1. The summed E-state index contributed by atoms with van der Waals surface area (Å²) >= 11 is 0. The molecule has 40 heavy (non-hydrogen) atoms. The predicted molar refractivity (Wildman–Crippen MR) is 159 cm³/mol. The molecule has 1 aromatic carbocycles. The van der Waals surface area contributed by atoms with Gasteiger partial charge in [-0.25, -0.2) is 0 Å². The topological polar surface area (TPSA) is 75.7 Å². The molecule has 218 valence electrons. The van der Waals surface area contributed by atoms with Crippen molar-refractivity contribution < 1.29 is 14.9 Å². The van der Waals surface area contributed by atoms with Crippen molar-refractivity contribution in [1.82, 2.24) is 0 Å². The van der Waals surface area contributed by atoms with Crippen LogP contribution in [0, 0.1) is 46.8 Å². The van der Waals surface area contributed by atoms with Crippen molar-refractivity contribution in [3.8, 4) is 17.6 Å². The highest BCUT2D eigenvalue weighted by molar-refractivity contribution is 5.39. The fourth-order valence-electron chi connectivity index (χ4n) is 11.6. The van der Waals surface area contributed by atoms with Gasteiger partial charge >= 0.3 is 0 Å². The van der Waals surface area contributed by atoms with Gasteiger partial charge in [-0.05, 0) is 124 Å². The SMILES string of the molecule is C[C@@]1(C2CCCCC2)O[C@@]23CC[C@H]1[C@](N)(CCO)[C@H]2C#CCc1cc(O)ccc1C[C@@H]1C[C@@H]3CC2(CCCC2)C1. The molecule has 4 N–H and O–H groups in total. The minimum atomic E-state index is -0.546. The maximum absolute atomic E-state index is 10.5. The summed E-state index contributed by atoms with van der Waals surface area (Å²) in [6.07, 6.45) is 20.0. The van der Waals surface area contributed by atoms with Crippen LogP contribution in [0.5, 0.6) is 5.75 Å². The zero-order valence-electron chi connectivity index (χ0n) is 24.7. The number of rotatable bonds is 3. The molecule has 7 atom stereocenters. The Kier molecular flexibility index (Phi) is 6.85. The molecule has 0 amide bonds. The van der Waals surface area contributed by atoms with Crippen LogP contribution in [-0.4, -0.2) is 33.6 Å². The van der Waals surface area contributed by atoms with Gasteiger partial charge < -0.3 is 20.7 Å². The van der Waals surface area contributed by atoms with Gasteiger partial charge in [0.1, 0.15) is 5.75 Å². The van der Waals surface area contributed by atoms with E-state index in [4.69, 9.17) is 10.5 Å². The second-order valence-electron chi connectivity index (χ2n) is 15.3. The van der Waals surface area contributed by atoms with E-state index < -0.39 is 5.54 Å². The van der Waals surface area contributed by atoms with Gasteiger partial charge in [-0.2, -0.15) is 0 Å². The van der Waals surface area contributed by atoms with Crippen LogP contribution in [-0.2, 0) is 17.6 Å².